The summed E-state index contributed by atoms with van der Waals surface area (Å²) in [5.74, 6) is -1.66. The molecule has 1 aromatic carbocycles. The van der Waals surface area contributed by atoms with Gasteiger partial charge in [0, 0.05) is 6.54 Å². The van der Waals surface area contributed by atoms with E-state index in [0.717, 1.165) is 4.57 Å². The lowest BCUT2D eigenvalue weighted by Crippen LogP contribution is -2.41. The van der Waals surface area contributed by atoms with Crippen molar-refractivity contribution in [1.82, 2.24) is 14.9 Å². The molecule has 3 N–H and O–H groups in total. The number of amides is 1. The van der Waals surface area contributed by atoms with Crippen LogP contribution < -0.4 is 16.6 Å². The smallest absolute Gasteiger partial charge is 0.329 e. The van der Waals surface area contributed by atoms with Crippen molar-refractivity contribution in [3.8, 4) is 0 Å². The highest BCUT2D eigenvalue weighted by Gasteiger charge is 2.10. The number of para-hydroxylation sites is 1. The average molecular weight is 321 g/mol. The van der Waals surface area contributed by atoms with E-state index in [1.165, 1.54) is 0 Å². The zero-order valence-corrected chi connectivity index (χ0v) is 12.1. The van der Waals surface area contributed by atoms with E-state index in [1.807, 2.05) is 0 Å². The minimum absolute atomic E-state index is 0.0149. The summed E-state index contributed by atoms with van der Waals surface area (Å²) in [5, 5.41) is 11.1. The van der Waals surface area contributed by atoms with Crippen molar-refractivity contribution >= 4 is 22.8 Å². The number of aromatic nitrogens is 2. The highest BCUT2D eigenvalue weighted by atomic mass is 16.5. The molecule has 0 aliphatic heterocycles. The van der Waals surface area contributed by atoms with Crippen LogP contribution in [0.15, 0.2) is 33.9 Å². The number of aromatic amines is 1. The topological polar surface area (TPSA) is 130 Å². The van der Waals surface area contributed by atoms with Crippen LogP contribution in [0.3, 0.4) is 0 Å². The summed E-state index contributed by atoms with van der Waals surface area (Å²) >= 11 is 0. The molecule has 0 fully saturated rings. The lowest BCUT2D eigenvalue weighted by Gasteiger charge is -2.07. The first-order valence-corrected chi connectivity index (χ1v) is 6.77. The Kier molecular flexibility index (Phi) is 5.26. The molecule has 9 nitrogen and oxygen atoms in total. The quantitative estimate of drug-likeness (QED) is 0.555. The molecule has 2 rings (SSSR count). The minimum Gasteiger partial charge on any atom is -0.480 e. The maximum Gasteiger partial charge on any atom is 0.329 e. The summed E-state index contributed by atoms with van der Waals surface area (Å²) in [5.41, 5.74) is -0.825. The third kappa shape index (κ3) is 4.27. The molecule has 0 unspecified atom stereocenters. The molecule has 1 aromatic heterocycles. The Morgan fingerprint density at radius 1 is 1.26 bits per heavy atom. The molecule has 0 atom stereocenters. The summed E-state index contributed by atoms with van der Waals surface area (Å²) in [6.07, 6.45) is 0. The summed E-state index contributed by atoms with van der Waals surface area (Å²) in [4.78, 5) is 48.6. The molecule has 0 aliphatic rings. The van der Waals surface area contributed by atoms with Gasteiger partial charge in [0.2, 0.25) is 5.91 Å². The number of H-pyrrole nitrogens is 1. The van der Waals surface area contributed by atoms with Gasteiger partial charge in [-0.15, -0.1) is 0 Å². The zero-order valence-electron chi connectivity index (χ0n) is 12.1. The largest absolute Gasteiger partial charge is 0.480 e. The van der Waals surface area contributed by atoms with E-state index < -0.39 is 36.3 Å². The van der Waals surface area contributed by atoms with Gasteiger partial charge in [-0.3, -0.25) is 14.2 Å². The van der Waals surface area contributed by atoms with Crippen LogP contribution >= 0.6 is 0 Å². The number of nitrogens with one attached hydrogen (secondary N) is 2. The number of carbonyl (C=O) groups excluding carboxylic acids is 1. The predicted octanol–water partition coefficient (Wildman–Crippen LogP) is -1.09. The molecule has 1 amide bonds. The molecule has 0 spiro atoms. The van der Waals surface area contributed by atoms with Crippen LogP contribution in [0.1, 0.15) is 0 Å². The van der Waals surface area contributed by atoms with Crippen molar-refractivity contribution in [1.29, 1.82) is 0 Å². The molecule has 23 heavy (non-hydrogen) atoms. The third-order valence-corrected chi connectivity index (χ3v) is 2.99. The lowest BCUT2D eigenvalue weighted by molar-refractivity contribution is -0.142. The second-order valence-corrected chi connectivity index (χ2v) is 4.66. The zero-order chi connectivity index (χ0) is 16.8. The fourth-order valence-corrected chi connectivity index (χ4v) is 1.96. The van der Waals surface area contributed by atoms with E-state index in [9.17, 15) is 19.2 Å². The van der Waals surface area contributed by atoms with Gasteiger partial charge in [-0.25, -0.2) is 9.59 Å². The maximum absolute atomic E-state index is 12.2. The van der Waals surface area contributed by atoms with Crippen molar-refractivity contribution in [2.75, 3.05) is 19.8 Å². The molecule has 2 aromatic rings. The first-order chi connectivity index (χ1) is 11.0. The Morgan fingerprint density at radius 2 is 2.00 bits per heavy atom. The number of aliphatic carboxylic acids is 1. The predicted molar refractivity (Wildman–Crippen MR) is 80.3 cm³/mol. The van der Waals surface area contributed by atoms with Gasteiger partial charge in [-0.2, -0.15) is 0 Å². The van der Waals surface area contributed by atoms with Gasteiger partial charge in [0.05, 0.1) is 17.5 Å². The van der Waals surface area contributed by atoms with Crippen molar-refractivity contribution < 1.29 is 19.4 Å². The number of carboxylic acid groups (broad SMARTS) is 1. The van der Waals surface area contributed by atoms with Crippen molar-refractivity contribution in [3.05, 3.63) is 45.1 Å². The highest BCUT2D eigenvalue weighted by molar-refractivity contribution is 5.78. The standard InChI is InChI=1S/C14H15N3O6/c18-11(15-5-6-23-8-12(19)20)7-17-13(21)9-3-1-2-4-10(9)16-14(17)22/h1-4H,5-8H2,(H,15,18)(H,16,22)(H,19,20). The van der Waals surface area contributed by atoms with E-state index in [0.29, 0.717) is 10.9 Å². The second-order valence-electron chi connectivity index (χ2n) is 4.66. The van der Waals surface area contributed by atoms with Crippen LogP contribution in [-0.2, 0) is 20.9 Å². The summed E-state index contributed by atoms with van der Waals surface area (Å²) in [6, 6.07) is 6.50. The molecule has 0 aliphatic carbocycles. The summed E-state index contributed by atoms with van der Waals surface area (Å²) in [6.45, 7) is -0.801. The van der Waals surface area contributed by atoms with Gasteiger partial charge in [0.15, 0.2) is 0 Å². The maximum atomic E-state index is 12.2. The number of ether oxygens (including phenoxy) is 1. The van der Waals surface area contributed by atoms with E-state index >= 15 is 0 Å². The normalized spacial score (nSPS) is 10.6. The van der Waals surface area contributed by atoms with Gasteiger partial charge >= 0.3 is 11.7 Å². The number of hydrogen-bond acceptors (Lipinski definition) is 5. The Labute approximate surface area is 129 Å². The molecule has 0 saturated heterocycles. The molecular formula is C14H15N3O6. The van der Waals surface area contributed by atoms with Gasteiger partial charge < -0.3 is 20.1 Å². The molecule has 1 heterocycles. The molecule has 122 valence electrons. The fourth-order valence-electron chi connectivity index (χ4n) is 1.96. The van der Waals surface area contributed by atoms with Crippen LogP contribution in [0.5, 0.6) is 0 Å². The Morgan fingerprint density at radius 3 is 2.74 bits per heavy atom. The second kappa shape index (κ2) is 7.36. The van der Waals surface area contributed by atoms with Crippen molar-refractivity contribution in [2.24, 2.45) is 0 Å². The number of hydrogen-bond donors (Lipinski definition) is 3. The average Bonchev–Trinajstić information content (AvgIpc) is 2.51. The number of carboxylic acids is 1. The minimum atomic E-state index is -1.11. The van der Waals surface area contributed by atoms with Crippen LogP contribution in [0.2, 0.25) is 0 Å². The lowest BCUT2D eigenvalue weighted by atomic mass is 10.2. The molecular weight excluding hydrogens is 306 g/mol. The van der Waals surface area contributed by atoms with Gasteiger partial charge in [-0.1, -0.05) is 12.1 Å². The summed E-state index contributed by atoms with van der Waals surface area (Å²) in [7, 11) is 0. The SMILES string of the molecule is O=C(O)COCCNC(=O)Cn1c(=O)[nH]c2ccccc2c1=O. The molecule has 0 saturated carbocycles. The fraction of sp³-hybridized carbons (Fsp3) is 0.286. The van der Waals surface area contributed by atoms with Crippen LogP contribution in [-0.4, -0.2) is 46.3 Å². The number of carbonyl (C=O) groups is 2. The van der Waals surface area contributed by atoms with Crippen molar-refractivity contribution in [3.63, 3.8) is 0 Å². The van der Waals surface area contributed by atoms with E-state index in [-0.39, 0.29) is 13.2 Å². The van der Waals surface area contributed by atoms with Crippen LogP contribution in [0.4, 0.5) is 0 Å². The van der Waals surface area contributed by atoms with E-state index in [1.54, 1.807) is 24.3 Å². The van der Waals surface area contributed by atoms with Gasteiger partial charge in [0.1, 0.15) is 13.2 Å². The number of benzene rings is 1. The molecule has 9 heteroatoms. The van der Waals surface area contributed by atoms with Crippen LogP contribution in [0.25, 0.3) is 10.9 Å². The Bertz CT molecular complexity index is 838. The number of rotatable bonds is 7. The van der Waals surface area contributed by atoms with E-state index in [4.69, 9.17) is 9.84 Å². The number of nitrogens with zero attached hydrogens (tertiary/aromatic N) is 1. The van der Waals surface area contributed by atoms with Gasteiger partial charge in [-0.05, 0) is 12.1 Å². The first-order valence-electron chi connectivity index (χ1n) is 6.77. The number of fused-ring (bicyclic) bond motifs is 1. The third-order valence-electron chi connectivity index (χ3n) is 2.99. The van der Waals surface area contributed by atoms with Crippen LogP contribution in [0, 0.1) is 0 Å². The van der Waals surface area contributed by atoms with Crippen molar-refractivity contribution in [2.45, 2.75) is 6.54 Å². The summed E-state index contributed by atoms with van der Waals surface area (Å²) < 4.78 is 5.55. The first kappa shape index (κ1) is 16.4. The highest BCUT2D eigenvalue weighted by Crippen LogP contribution is 2.02. The monoisotopic (exact) mass is 321 g/mol. The van der Waals surface area contributed by atoms with E-state index in [2.05, 4.69) is 10.3 Å². The van der Waals surface area contributed by atoms with Gasteiger partial charge in [0.25, 0.3) is 5.56 Å². The Hall–Kier alpha value is -2.94. The molecule has 0 bridgehead atoms. The molecule has 0 radical (unpaired) electrons. The Balaban J connectivity index is 2.01.